The molecule has 300 valence electrons. The minimum Gasteiger partial charge on any atom is -0.324 e. The molecule has 0 radical (unpaired) electrons. The Hall–Kier alpha value is -8.44. The summed E-state index contributed by atoms with van der Waals surface area (Å²) in [5, 5.41) is 56.1. The number of hydrogen-bond acceptors (Lipinski definition) is 16. The summed E-state index contributed by atoms with van der Waals surface area (Å²) in [4.78, 5) is 49.3. The number of nitrogens with zero attached hydrogens (tertiary/aromatic N) is 10. The molecule has 0 aliphatic rings. The van der Waals surface area contributed by atoms with Crippen molar-refractivity contribution in [1.29, 1.82) is 21.0 Å². The summed E-state index contributed by atoms with van der Waals surface area (Å²) in [6.07, 6.45) is 8.55. The van der Waals surface area contributed by atoms with Crippen LogP contribution in [0.5, 0.6) is 0 Å². The second kappa shape index (κ2) is 19.6. The van der Waals surface area contributed by atoms with Gasteiger partial charge >= 0.3 is 0 Å². The van der Waals surface area contributed by atoms with E-state index in [1.54, 1.807) is 60.7 Å². The summed E-state index contributed by atoms with van der Waals surface area (Å²) in [6, 6.07) is 19.4. The zero-order chi connectivity index (χ0) is 44.0. The topological polar surface area (TPSA) is 312 Å². The monoisotopic (exact) mass is 844 g/mol. The molecule has 60 heavy (non-hydrogen) atoms. The fraction of sp³-hybridized carbons (Fsp3) is 0.105. The minimum absolute atomic E-state index is 0.0750. The van der Waals surface area contributed by atoms with Gasteiger partial charge < -0.3 is 10.6 Å². The Morgan fingerprint density at radius 2 is 0.833 bits per heavy atom. The number of nitriles is 4. The van der Waals surface area contributed by atoms with Gasteiger partial charge in [0.15, 0.2) is 11.6 Å². The van der Waals surface area contributed by atoms with Crippen LogP contribution >= 0.6 is 0 Å². The smallest absolute Gasteiger partial charge is 0.285 e. The molecular weight excluding hydrogens is 817 g/mol. The van der Waals surface area contributed by atoms with E-state index in [1.807, 2.05) is 0 Å². The molecule has 0 saturated carbocycles. The molecule has 0 saturated heterocycles. The van der Waals surface area contributed by atoms with Crippen LogP contribution in [-0.4, -0.2) is 60.9 Å². The molecule has 0 aliphatic carbocycles. The van der Waals surface area contributed by atoms with Crippen LogP contribution in [0.2, 0.25) is 0 Å². The van der Waals surface area contributed by atoms with Crippen molar-refractivity contribution in [1.82, 2.24) is 8.61 Å². The van der Waals surface area contributed by atoms with Gasteiger partial charge in [0.1, 0.15) is 0 Å². The summed E-state index contributed by atoms with van der Waals surface area (Å²) in [5.41, 5.74) is 2.42. The maximum atomic E-state index is 12.8. The number of anilines is 2. The number of amides is 2. The Morgan fingerprint density at radius 3 is 1.10 bits per heavy atom. The molecule has 0 aromatic heterocycles. The van der Waals surface area contributed by atoms with Crippen LogP contribution in [0.1, 0.15) is 25.0 Å². The minimum atomic E-state index is -4.40. The second-order valence-electron chi connectivity index (χ2n) is 11.9. The summed E-state index contributed by atoms with van der Waals surface area (Å²) in [5.74, 6) is -2.90. The zero-order valence-corrected chi connectivity index (χ0v) is 32.7. The number of ketones is 2. The highest BCUT2D eigenvalue weighted by Gasteiger charge is 2.27. The highest BCUT2D eigenvalue weighted by atomic mass is 32.2. The lowest BCUT2D eigenvalue weighted by Crippen LogP contribution is -2.31. The van der Waals surface area contributed by atoms with Crippen LogP contribution in [-0.2, 0) is 39.2 Å². The average Bonchev–Trinajstić information content (AvgIpc) is 3.22. The third-order valence-electron chi connectivity index (χ3n) is 7.78. The quantitative estimate of drug-likeness (QED) is 0.0488. The molecule has 4 aromatic rings. The molecule has 0 fully saturated rings. The van der Waals surface area contributed by atoms with Crippen molar-refractivity contribution in [2.75, 3.05) is 10.6 Å². The predicted octanol–water partition coefficient (Wildman–Crippen LogP) is 5.12. The number of benzene rings is 4. The van der Waals surface area contributed by atoms with Crippen molar-refractivity contribution in [2.45, 2.75) is 35.7 Å². The van der Waals surface area contributed by atoms with Gasteiger partial charge in [-0.25, -0.2) is 0 Å². The van der Waals surface area contributed by atoms with Crippen molar-refractivity contribution in [3.05, 3.63) is 108 Å². The van der Waals surface area contributed by atoms with Gasteiger partial charge in [-0.05, 0) is 97.8 Å². The van der Waals surface area contributed by atoms with Crippen LogP contribution in [0.3, 0.4) is 0 Å². The lowest BCUT2D eigenvalue weighted by molar-refractivity contribution is -0.127. The van der Waals surface area contributed by atoms with Gasteiger partial charge in [0.25, 0.3) is 31.9 Å². The molecule has 20 nitrogen and oxygen atoms in total. The lowest BCUT2D eigenvalue weighted by Gasteiger charge is -2.11. The number of sulfonamides is 2. The van der Waals surface area contributed by atoms with Gasteiger partial charge in [0.2, 0.25) is 36.9 Å². The van der Waals surface area contributed by atoms with Gasteiger partial charge in [0.05, 0.1) is 21.2 Å². The number of azo groups is 2. The number of carbonyl (C=O) groups excluding carboxylic acids is 4. The molecule has 22 heteroatoms. The van der Waals surface area contributed by atoms with Gasteiger partial charge in [-0.15, -0.1) is 0 Å². The summed E-state index contributed by atoms with van der Waals surface area (Å²) in [7, 11) is -8.80. The summed E-state index contributed by atoms with van der Waals surface area (Å²) >= 11 is 0. The van der Waals surface area contributed by atoms with Crippen LogP contribution in [0.15, 0.2) is 127 Å². The van der Waals surface area contributed by atoms with E-state index in [0.29, 0.717) is 11.4 Å². The van der Waals surface area contributed by atoms with E-state index in [1.165, 1.54) is 49.0 Å². The molecule has 2 N–H and O–H groups in total. The first-order chi connectivity index (χ1) is 28.5. The Labute approximate surface area is 342 Å². The Bertz CT molecular complexity index is 2560. The van der Waals surface area contributed by atoms with Crippen LogP contribution in [0.4, 0.5) is 22.7 Å². The van der Waals surface area contributed by atoms with Crippen molar-refractivity contribution in [3.8, 4) is 24.8 Å². The number of nitrogens with one attached hydrogen (secondary N) is 2. The van der Waals surface area contributed by atoms with Gasteiger partial charge in [-0.2, -0.15) is 58.3 Å². The maximum absolute atomic E-state index is 12.8. The average molecular weight is 845 g/mol. The number of rotatable bonds is 16. The Kier molecular flexibility index (Phi) is 14.5. The molecule has 0 bridgehead atoms. The van der Waals surface area contributed by atoms with Gasteiger partial charge in [-0.3, -0.25) is 19.2 Å². The predicted molar refractivity (Wildman–Crippen MR) is 210 cm³/mol. The van der Waals surface area contributed by atoms with Gasteiger partial charge in [0, 0.05) is 11.4 Å². The number of carbonyl (C=O) groups is 4. The fourth-order valence-corrected chi connectivity index (χ4v) is 6.51. The van der Waals surface area contributed by atoms with E-state index in [2.05, 4.69) is 31.1 Å². The summed E-state index contributed by atoms with van der Waals surface area (Å²) in [6.45, 7) is 2.30. The summed E-state index contributed by atoms with van der Waals surface area (Å²) < 4.78 is 49.1. The van der Waals surface area contributed by atoms with Crippen LogP contribution in [0, 0.1) is 45.8 Å². The molecule has 4 aromatic carbocycles. The second-order valence-corrected chi connectivity index (χ2v) is 15.5. The van der Waals surface area contributed by atoms with Gasteiger partial charge in [-0.1, -0.05) is 45.0 Å². The highest BCUT2D eigenvalue weighted by molar-refractivity contribution is 7.89. The van der Waals surface area contributed by atoms with E-state index >= 15 is 0 Å². The fourth-order valence-electron chi connectivity index (χ4n) is 4.69. The molecule has 2 atom stereocenters. The Morgan fingerprint density at radius 1 is 0.533 bits per heavy atom. The molecule has 2 unspecified atom stereocenters. The molecule has 0 spiro atoms. The van der Waals surface area contributed by atoms with E-state index in [9.17, 15) is 36.0 Å². The van der Waals surface area contributed by atoms with E-state index in [-0.39, 0.29) is 29.8 Å². The maximum Gasteiger partial charge on any atom is 0.285 e. The lowest BCUT2D eigenvalue weighted by atomic mass is 10.1. The van der Waals surface area contributed by atoms with Crippen molar-refractivity contribution in [2.24, 2.45) is 20.5 Å². The van der Waals surface area contributed by atoms with Crippen LogP contribution in [0.25, 0.3) is 12.2 Å². The largest absolute Gasteiger partial charge is 0.324 e. The number of Topliss-reactive ketones (excluding diaryl/α,β-unsaturated/α-hetero) is 2. The van der Waals surface area contributed by atoms with Crippen LogP contribution < -0.4 is 10.6 Å². The third-order valence-corrected chi connectivity index (χ3v) is 10.8. The molecule has 2 amide bonds. The van der Waals surface area contributed by atoms with Crippen molar-refractivity contribution >= 4 is 78.3 Å². The van der Waals surface area contributed by atoms with E-state index < -0.39 is 55.5 Å². The van der Waals surface area contributed by atoms with E-state index in [4.69, 9.17) is 21.0 Å². The molecular formula is C38H28N12O8S2. The van der Waals surface area contributed by atoms with E-state index in [0.717, 1.165) is 49.2 Å². The molecule has 0 aliphatic heterocycles. The third kappa shape index (κ3) is 11.1. The first-order valence-corrected chi connectivity index (χ1v) is 19.6. The standard InChI is InChI=1S/C38H28N12O8S2/c1-25(51)35(37(53)43-29-13-17-33(18-14-29)59(55,56)49(21-39)22-40)47-45-31-9-5-27(6-10-31)3-4-28-7-11-32(12-8-28)46-48-36(26(2)52)38(54)44-30-15-19-34(20-16-30)60(57,58)50(23-41)24-42/h3-20,35-36H,1-2H3,(H,43,53)(H,44,54). The Balaban J connectivity index is 1.34. The highest BCUT2D eigenvalue weighted by Crippen LogP contribution is 2.22. The van der Waals surface area contributed by atoms with Crippen molar-refractivity contribution in [3.63, 3.8) is 0 Å². The first kappa shape index (κ1) is 44.3. The zero-order valence-electron chi connectivity index (χ0n) is 31.1. The SMILES string of the molecule is CC(=O)C(N=Nc1ccc(C=Cc2ccc(N=NC(C(C)=O)C(=O)Nc3ccc(S(=O)(=O)N(C#N)C#N)cc3)cc2)cc1)C(=O)Nc1ccc(S(=O)(=O)N(C#N)C#N)cc1. The number of hydrogen-bond donors (Lipinski definition) is 2. The molecule has 4 rings (SSSR count). The molecule has 0 heterocycles. The first-order valence-electron chi connectivity index (χ1n) is 16.8. The normalized spacial score (nSPS) is 12.3. The van der Waals surface area contributed by atoms with Crippen molar-refractivity contribution < 1.29 is 36.0 Å².